The number of ether oxygens (including phenoxy) is 2. The fourth-order valence-corrected chi connectivity index (χ4v) is 8.24. The van der Waals surface area contributed by atoms with Crippen LogP contribution in [0.4, 0.5) is 11.4 Å². The Morgan fingerprint density at radius 1 is 0.683 bits per heavy atom. The third kappa shape index (κ3) is 13.3. The monoisotopic (exact) mass is 901 g/mol. The van der Waals surface area contributed by atoms with Crippen LogP contribution in [0.15, 0.2) is 60.9 Å². The minimum atomic E-state index is -2.01. The van der Waals surface area contributed by atoms with Gasteiger partial charge in [-0.1, -0.05) is 65.8 Å². The molecule has 63 heavy (non-hydrogen) atoms. The van der Waals surface area contributed by atoms with Crippen molar-refractivity contribution in [3.8, 4) is 22.6 Å². The van der Waals surface area contributed by atoms with Crippen LogP contribution >= 0.6 is 0 Å². The Morgan fingerprint density at radius 3 is 1.44 bits per heavy atom. The number of anilines is 2. The van der Waals surface area contributed by atoms with Crippen molar-refractivity contribution in [2.24, 2.45) is 0 Å². The Morgan fingerprint density at radius 2 is 1.08 bits per heavy atom. The molecular formula is C48H72N6O7Si2. The summed E-state index contributed by atoms with van der Waals surface area (Å²) in [5, 5.41) is 22.4. The van der Waals surface area contributed by atoms with E-state index in [1.165, 1.54) is 0 Å². The molecule has 1 atom stereocenters. The van der Waals surface area contributed by atoms with E-state index in [2.05, 4.69) is 99.0 Å². The highest BCUT2D eigenvalue weighted by Gasteiger charge is 2.39. The van der Waals surface area contributed by atoms with Gasteiger partial charge >= 0.3 is 0 Å². The summed E-state index contributed by atoms with van der Waals surface area (Å²) in [4.78, 5) is 36.2. The number of pyridine rings is 2. The molecule has 0 aliphatic heterocycles. The molecule has 15 heteroatoms. The number of amides is 2. The van der Waals surface area contributed by atoms with E-state index in [1.54, 1.807) is 38.7 Å². The van der Waals surface area contributed by atoms with Crippen LogP contribution in [-0.4, -0.2) is 89.6 Å². The van der Waals surface area contributed by atoms with Gasteiger partial charge in [-0.15, -0.1) is 0 Å². The zero-order valence-corrected chi connectivity index (χ0v) is 42.3. The number of nitrogens with zero attached hydrogens (tertiary/aromatic N) is 2. The van der Waals surface area contributed by atoms with Gasteiger partial charge in [0.25, 0.3) is 11.8 Å². The van der Waals surface area contributed by atoms with Crippen molar-refractivity contribution in [1.29, 1.82) is 0 Å². The van der Waals surface area contributed by atoms with Crippen molar-refractivity contribution in [3.05, 3.63) is 94.6 Å². The van der Waals surface area contributed by atoms with Gasteiger partial charge in [0.15, 0.2) is 16.6 Å². The normalized spacial score (nSPS) is 12.9. The van der Waals surface area contributed by atoms with Gasteiger partial charge in [-0.3, -0.25) is 19.6 Å². The summed E-state index contributed by atoms with van der Waals surface area (Å²) < 4.78 is 24.7. The number of aromatic nitrogens is 2. The average Bonchev–Trinajstić information content (AvgIpc) is 3.23. The van der Waals surface area contributed by atoms with E-state index in [9.17, 15) is 14.7 Å². The molecular weight excluding hydrogens is 829 g/mol. The number of carbonyl (C=O) groups is 2. The van der Waals surface area contributed by atoms with Crippen LogP contribution in [0.3, 0.4) is 0 Å². The molecule has 2 amide bonds. The maximum absolute atomic E-state index is 13.8. The Labute approximate surface area is 377 Å². The molecule has 0 aliphatic rings. The number of aliphatic hydroxyl groups excluding tert-OH is 1. The van der Waals surface area contributed by atoms with Gasteiger partial charge in [0.2, 0.25) is 0 Å². The molecule has 0 aliphatic carbocycles. The van der Waals surface area contributed by atoms with Crippen LogP contribution < -0.4 is 30.7 Å². The summed E-state index contributed by atoms with van der Waals surface area (Å²) in [7, 11) is -0.886. The Hall–Kier alpha value is -4.49. The van der Waals surface area contributed by atoms with Gasteiger partial charge in [-0.2, -0.15) is 0 Å². The van der Waals surface area contributed by atoms with Crippen molar-refractivity contribution >= 4 is 39.8 Å². The van der Waals surface area contributed by atoms with Gasteiger partial charge in [0.1, 0.15) is 22.9 Å². The Kier molecular flexibility index (Phi) is 17.4. The number of aliphatic hydroxyl groups is 1. The molecule has 5 N–H and O–H groups in total. The summed E-state index contributed by atoms with van der Waals surface area (Å²) in [5.74, 6) is 0.308. The van der Waals surface area contributed by atoms with Crippen LogP contribution in [0, 0.1) is 13.8 Å². The highest BCUT2D eigenvalue weighted by Crippen LogP contribution is 2.39. The fraction of sp³-hybridized carbons (Fsp3) is 0.500. The van der Waals surface area contributed by atoms with Gasteiger partial charge in [0, 0.05) is 66.2 Å². The minimum Gasteiger partial charge on any atom is -0.496 e. The lowest BCUT2D eigenvalue weighted by Gasteiger charge is -2.39. The van der Waals surface area contributed by atoms with E-state index in [-0.39, 0.29) is 52.0 Å². The lowest BCUT2D eigenvalue weighted by molar-refractivity contribution is 0.101. The summed E-state index contributed by atoms with van der Waals surface area (Å²) in [6.45, 7) is 30.2. The van der Waals surface area contributed by atoms with E-state index in [0.29, 0.717) is 49.2 Å². The third-order valence-electron chi connectivity index (χ3n) is 12.6. The Balaban J connectivity index is 1.49. The first-order valence-electron chi connectivity index (χ1n) is 21.7. The maximum Gasteiger partial charge on any atom is 0.274 e. The summed E-state index contributed by atoms with van der Waals surface area (Å²) >= 11 is 0. The Bertz CT molecular complexity index is 2170. The highest BCUT2D eigenvalue weighted by molar-refractivity contribution is 6.74. The average molecular weight is 901 g/mol. The summed E-state index contributed by atoms with van der Waals surface area (Å²) in [6, 6.07) is 14.5. The lowest BCUT2D eigenvalue weighted by atomic mass is 9.94. The number of carbonyl (C=O) groups excluding carboxylic acids is 2. The smallest absolute Gasteiger partial charge is 0.274 e. The first-order valence-corrected chi connectivity index (χ1v) is 27.5. The van der Waals surface area contributed by atoms with E-state index >= 15 is 0 Å². The minimum absolute atomic E-state index is 0.00148. The summed E-state index contributed by atoms with van der Waals surface area (Å²) in [5.41, 5.74) is 6.74. The van der Waals surface area contributed by atoms with Crippen molar-refractivity contribution in [3.63, 3.8) is 0 Å². The van der Waals surface area contributed by atoms with Crippen molar-refractivity contribution in [2.75, 3.05) is 44.7 Å². The van der Waals surface area contributed by atoms with Crippen LogP contribution in [0.25, 0.3) is 11.1 Å². The second-order valence-electron chi connectivity index (χ2n) is 19.3. The van der Waals surface area contributed by atoms with E-state index in [4.69, 9.17) is 18.3 Å². The lowest BCUT2D eigenvalue weighted by Crippen LogP contribution is -2.49. The van der Waals surface area contributed by atoms with Gasteiger partial charge < -0.3 is 44.7 Å². The van der Waals surface area contributed by atoms with Crippen molar-refractivity contribution in [2.45, 2.75) is 124 Å². The maximum atomic E-state index is 13.8. The quantitative estimate of drug-likeness (QED) is 0.0537. The predicted molar refractivity (Wildman–Crippen MR) is 259 cm³/mol. The zero-order valence-electron chi connectivity index (χ0n) is 40.3. The molecule has 0 spiro atoms. The molecule has 0 bridgehead atoms. The molecule has 344 valence electrons. The van der Waals surface area contributed by atoms with Crippen LogP contribution in [-0.2, 0) is 21.9 Å². The molecule has 4 aromatic rings. The molecule has 13 nitrogen and oxygen atoms in total. The first-order chi connectivity index (χ1) is 29.4. The summed E-state index contributed by atoms with van der Waals surface area (Å²) in [6.07, 6.45) is 3.29. The number of methoxy groups -OCH3 is 2. The molecule has 0 radical (unpaired) electrons. The second-order valence-corrected chi connectivity index (χ2v) is 28.9. The third-order valence-corrected chi connectivity index (χ3v) is 21.6. The van der Waals surface area contributed by atoms with E-state index in [0.717, 1.165) is 33.4 Å². The second kappa shape index (κ2) is 21.5. The van der Waals surface area contributed by atoms with E-state index in [1.807, 2.05) is 57.2 Å². The fourth-order valence-electron chi connectivity index (χ4n) is 6.14. The topological polar surface area (TPSA) is 165 Å². The van der Waals surface area contributed by atoms with Crippen LogP contribution in [0.5, 0.6) is 11.5 Å². The standard InChI is InChI=1S/C48H72N6O7Si2/c1-31(28-55)49-24-34-26-51-41(22-43(34)58-10)45(56)53-39-20-16-18-37(32(39)2)38-19-17-21-40(33(38)3)54-46(57)42-23-44(59-11)35(27-52-42)25-50-36(29-60-62(12,13)47(4,5)6)30-61-63(14,15)48(7,8)9/h16-23,26-27,31,36,49-50,55H,24-25,28-30H2,1-15H3,(H,53,56)(H,54,57)/t31-/m0/s1. The van der Waals surface area contributed by atoms with Gasteiger partial charge in [-0.25, -0.2) is 0 Å². The number of rotatable bonds is 20. The zero-order chi connectivity index (χ0) is 46.9. The molecule has 4 rings (SSSR count). The first kappa shape index (κ1) is 51.2. The number of hydrogen-bond acceptors (Lipinski definition) is 11. The number of nitrogens with one attached hydrogen (secondary N) is 4. The molecule has 2 aromatic heterocycles. The number of hydrogen-bond donors (Lipinski definition) is 5. The SMILES string of the molecule is COc1cc(C(=O)Nc2cccc(-c3cccc(NC(=O)c4cc(OC)c(CN[C@@H](C)CO)cn4)c3C)c2C)ncc1CNC(CO[Si](C)(C)C(C)(C)C)CO[Si](C)(C)C(C)(C)C. The van der Waals surface area contributed by atoms with E-state index < -0.39 is 16.6 Å². The number of benzene rings is 2. The van der Waals surface area contributed by atoms with Crippen LogP contribution in [0.2, 0.25) is 36.3 Å². The van der Waals surface area contributed by atoms with Gasteiger partial charge in [-0.05, 0) is 91.4 Å². The molecule has 0 unspecified atom stereocenters. The van der Waals surface area contributed by atoms with Crippen molar-refractivity contribution in [1.82, 2.24) is 20.6 Å². The highest BCUT2D eigenvalue weighted by atomic mass is 28.4. The molecule has 0 saturated carbocycles. The largest absolute Gasteiger partial charge is 0.496 e. The molecule has 2 heterocycles. The van der Waals surface area contributed by atoms with Crippen LogP contribution in [0.1, 0.15) is 91.7 Å². The predicted octanol–water partition coefficient (Wildman–Crippen LogP) is 9.25. The molecule has 0 saturated heterocycles. The molecule has 0 fully saturated rings. The van der Waals surface area contributed by atoms with Crippen molar-refractivity contribution < 1.29 is 33.0 Å². The van der Waals surface area contributed by atoms with Gasteiger partial charge in [0.05, 0.1) is 40.1 Å². The molecule has 2 aromatic carbocycles.